The van der Waals surface area contributed by atoms with Crippen LogP contribution in [0, 0.1) is 0 Å². The van der Waals surface area contributed by atoms with E-state index < -0.39 is 6.10 Å². The molecule has 0 aromatic carbocycles. The molecular weight excluding hydrogens is 769 g/mol. The van der Waals surface area contributed by atoms with Gasteiger partial charge in [-0.1, -0.05) is 258 Å². The normalized spacial score (nSPS) is 12.0. The summed E-state index contributed by atoms with van der Waals surface area (Å²) in [5.74, 6) is -0.848. The zero-order valence-corrected chi connectivity index (χ0v) is 41.9. The van der Waals surface area contributed by atoms with E-state index in [1.54, 1.807) is 0 Å². The van der Waals surface area contributed by atoms with Gasteiger partial charge in [0.25, 0.3) is 0 Å². The highest BCUT2D eigenvalue weighted by molar-refractivity contribution is 5.71. The van der Waals surface area contributed by atoms with Gasteiger partial charge in [-0.15, -0.1) is 0 Å². The molecule has 366 valence electrons. The maximum absolute atomic E-state index is 12.8. The Morgan fingerprint density at radius 1 is 0.306 bits per heavy atom. The molecule has 0 heterocycles. The van der Waals surface area contributed by atoms with Gasteiger partial charge in [0.2, 0.25) is 0 Å². The van der Waals surface area contributed by atoms with Gasteiger partial charge < -0.3 is 14.2 Å². The first-order valence-electron chi connectivity index (χ1n) is 27.7. The van der Waals surface area contributed by atoms with Crippen molar-refractivity contribution in [1.82, 2.24) is 0 Å². The topological polar surface area (TPSA) is 78.9 Å². The van der Waals surface area contributed by atoms with Crippen LogP contribution in [0.3, 0.4) is 0 Å². The van der Waals surface area contributed by atoms with Gasteiger partial charge in [-0.25, -0.2) is 0 Å². The molecule has 0 bridgehead atoms. The maximum atomic E-state index is 12.8. The van der Waals surface area contributed by atoms with E-state index in [0.29, 0.717) is 19.3 Å². The fourth-order valence-corrected chi connectivity index (χ4v) is 8.32. The second-order valence-electron chi connectivity index (χ2n) is 18.9. The summed E-state index contributed by atoms with van der Waals surface area (Å²) >= 11 is 0. The molecule has 0 aromatic heterocycles. The molecule has 0 aromatic rings. The number of carbonyl (C=O) groups excluding carboxylic acids is 3. The summed E-state index contributed by atoms with van der Waals surface area (Å²) in [5, 5.41) is 0. The van der Waals surface area contributed by atoms with Crippen molar-refractivity contribution in [2.45, 2.75) is 316 Å². The monoisotopic (exact) mass is 875 g/mol. The SMILES string of the molecule is CCCCCC/C=C/CCCCCCCCCC(=O)OC[C@@H](COC(=O)CCCCCCCCCCCCCCCC)OC(=O)CCCCCCCCCCCCCCCCC. The highest BCUT2D eigenvalue weighted by Gasteiger charge is 2.19. The minimum absolute atomic E-state index is 0.0654. The van der Waals surface area contributed by atoms with Crippen LogP contribution in [0.25, 0.3) is 0 Å². The predicted octanol–water partition coefficient (Wildman–Crippen LogP) is 18.2. The van der Waals surface area contributed by atoms with Gasteiger partial charge in [0, 0.05) is 19.3 Å². The minimum atomic E-state index is -0.765. The fraction of sp³-hybridized carbons (Fsp3) is 0.911. The summed E-state index contributed by atoms with van der Waals surface area (Å²) in [6, 6.07) is 0. The first-order valence-corrected chi connectivity index (χ1v) is 27.7. The van der Waals surface area contributed by atoms with Gasteiger partial charge in [0.1, 0.15) is 13.2 Å². The van der Waals surface area contributed by atoms with Crippen molar-refractivity contribution in [2.24, 2.45) is 0 Å². The third-order valence-electron chi connectivity index (χ3n) is 12.5. The summed E-state index contributed by atoms with van der Waals surface area (Å²) < 4.78 is 16.9. The molecule has 0 amide bonds. The van der Waals surface area contributed by atoms with Crippen LogP contribution in [-0.4, -0.2) is 37.2 Å². The molecule has 1 atom stereocenters. The van der Waals surface area contributed by atoms with Gasteiger partial charge in [0.15, 0.2) is 6.10 Å². The molecule has 6 heteroatoms. The average molecular weight is 875 g/mol. The van der Waals surface area contributed by atoms with Crippen molar-refractivity contribution < 1.29 is 28.6 Å². The number of hydrogen-bond donors (Lipinski definition) is 0. The van der Waals surface area contributed by atoms with E-state index in [1.807, 2.05) is 0 Å². The van der Waals surface area contributed by atoms with Crippen LogP contribution in [0.1, 0.15) is 310 Å². The van der Waals surface area contributed by atoms with Gasteiger partial charge >= 0.3 is 17.9 Å². The third-order valence-corrected chi connectivity index (χ3v) is 12.5. The Morgan fingerprint density at radius 2 is 0.532 bits per heavy atom. The zero-order valence-electron chi connectivity index (χ0n) is 41.9. The van der Waals surface area contributed by atoms with Crippen molar-refractivity contribution in [3.8, 4) is 0 Å². The fourth-order valence-electron chi connectivity index (χ4n) is 8.32. The molecule has 0 saturated carbocycles. The Labute approximate surface area is 386 Å². The average Bonchev–Trinajstić information content (AvgIpc) is 3.27. The van der Waals surface area contributed by atoms with E-state index in [-0.39, 0.29) is 31.1 Å². The number of carbonyl (C=O) groups is 3. The van der Waals surface area contributed by atoms with E-state index in [0.717, 1.165) is 57.8 Å². The number of allylic oxidation sites excluding steroid dienone is 2. The molecule has 0 aliphatic heterocycles. The van der Waals surface area contributed by atoms with Crippen molar-refractivity contribution in [3.05, 3.63) is 12.2 Å². The molecule has 62 heavy (non-hydrogen) atoms. The van der Waals surface area contributed by atoms with Crippen LogP contribution in [0.2, 0.25) is 0 Å². The van der Waals surface area contributed by atoms with Crippen LogP contribution < -0.4 is 0 Å². The van der Waals surface area contributed by atoms with Crippen LogP contribution in [0.5, 0.6) is 0 Å². The first kappa shape index (κ1) is 60.2. The highest BCUT2D eigenvalue weighted by atomic mass is 16.6. The standard InChI is InChI=1S/C56H106O6/c1-4-7-10-13-16-19-22-25-28-31-34-37-40-43-46-49-55(58)61-52-53(51-60-54(57)48-45-42-39-36-33-30-27-24-21-18-15-12-9-6-3)62-56(59)50-47-44-41-38-35-32-29-26-23-20-17-14-11-8-5-2/h19,22,53H,4-18,20-21,23-52H2,1-3H3/b22-19+/t53-/m1/s1. The summed E-state index contributed by atoms with van der Waals surface area (Å²) in [6.07, 6.45) is 57.6. The third kappa shape index (κ3) is 49.2. The highest BCUT2D eigenvalue weighted by Crippen LogP contribution is 2.17. The second-order valence-corrected chi connectivity index (χ2v) is 18.9. The predicted molar refractivity (Wildman–Crippen MR) is 266 cm³/mol. The lowest BCUT2D eigenvalue weighted by Gasteiger charge is -2.18. The Bertz CT molecular complexity index is 962. The lowest BCUT2D eigenvalue weighted by atomic mass is 10.0. The molecule has 0 spiro atoms. The smallest absolute Gasteiger partial charge is 0.306 e. The lowest BCUT2D eigenvalue weighted by molar-refractivity contribution is -0.167. The van der Waals surface area contributed by atoms with Gasteiger partial charge in [-0.2, -0.15) is 0 Å². The van der Waals surface area contributed by atoms with Gasteiger partial charge in [0.05, 0.1) is 0 Å². The van der Waals surface area contributed by atoms with E-state index in [4.69, 9.17) is 14.2 Å². The largest absolute Gasteiger partial charge is 0.462 e. The summed E-state index contributed by atoms with van der Waals surface area (Å²) in [7, 11) is 0. The Kier molecular flexibility index (Phi) is 50.2. The number of ether oxygens (including phenoxy) is 3. The van der Waals surface area contributed by atoms with Crippen molar-refractivity contribution in [2.75, 3.05) is 13.2 Å². The first-order chi connectivity index (χ1) is 30.5. The van der Waals surface area contributed by atoms with E-state index in [1.165, 1.54) is 212 Å². The Hall–Kier alpha value is -1.85. The number of esters is 3. The molecule has 0 N–H and O–H groups in total. The number of unbranched alkanes of at least 4 members (excludes halogenated alkanes) is 38. The van der Waals surface area contributed by atoms with Crippen molar-refractivity contribution in [1.29, 1.82) is 0 Å². The molecule has 0 unspecified atom stereocenters. The van der Waals surface area contributed by atoms with Crippen molar-refractivity contribution >= 4 is 17.9 Å². The molecular formula is C56H106O6. The molecule has 0 aliphatic rings. The molecule has 0 fully saturated rings. The van der Waals surface area contributed by atoms with Gasteiger partial charge in [-0.3, -0.25) is 14.4 Å². The Morgan fingerprint density at radius 3 is 0.823 bits per heavy atom. The summed E-state index contributed by atoms with van der Waals surface area (Å²) in [5.41, 5.74) is 0. The molecule has 0 radical (unpaired) electrons. The molecule has 0 saturated heterocycles. The molecule has 0 rings (SSSR count). The van der Waals surface area contributed by atoms with Crippen LogP contribution in [0.4, 0.5) is 0 Å². The zero-order chi connectivity index (χ0) is 45.1. The Balaban J connectivity index is 4.32. The minimum Gasteiger partial charge on any atom is -0.462 e. The summed E-state index contributed by atoms with van der Waals surface area (Å²) in [4.78, 5) is 38.0. The van der Waals surface area contributed by atoms with Crippen molar-refractivity contribution in [3.63, 3.8) is 0 Å². The number of hydrogen-bond acceptors (Lipinski definition) is 6. The quantitative estimate of drug-likeness (QED) is 0.0262. The summed E-state index contributed by atoms with van der Waals surface area (Å²) in [6.45, 7) is 6.67. The molecule has 6 nitrogen and oxygen atoms in total. The van der Waals surface area contributed by atoms with Crippen LogP contribution in [0.15, 0.2) is 12.2 Å². The molecule has 0 aliphatic carbocycles. The van der Waals surface area contributed by atoms with Crippen LogP contribution in [-0.2, 0) is 28.6 Å². The van der Waals surface area contributed by atoms with E-state index in [9.17, 15) is 14.4 Å². The van der Waals surface area contributed by atoms with Gasteiger partial charge in [-0.05, 0) is 44.9 Å². The van der Waals surface area contributed by atoms with Crippen LogP contribution >= 0.6 is 0 Å². The van der Waals surface area contributed by atoms with E-state index in [2.05, 4.69) is 32.9 Å². The number of rotatable bonds is 51. The second kappa shape index (κ2) is 51.8. The maximum Gasteiger partial charge on any atom is 0.306 e. The lowest BCUT2D eigenvalue weighted by Crippen LogP contribution is -2.30. The van der Waals surface area contributed by atoms with E-state index >= 15 is 0 Å².